The van der Waals surface area contributed by atoms with Gasteiger partial charge >= 0.3 is 6.03 Å². The molecule has 0 aliphatic rings. The van der Waals surface area contributed by atoms with Crippen molar-refractivity contribution in [3.63, 3.8) is 0 Å². The fourth-order valence-corrected chi connectivity index (χ4v) is 2.42. The van der Waals surface area contributed by atoms with Gasteiger partial charge < -0.3 is 5.32 Å². The van der Waals surface area contributed by atoms with Gasteiger partial charge in [0.15, 0.2) is 0 Å². The van der Waals surface area contributed by atoms with Gasteiger partial charge in [-0.05, 0) is 24.1 Å². The average molecular weight is 321 g/mol. The molecule has 0 unspecified atom stereocenters. The lowest BCUT2D eigenvalue weighted by atomic mass is 10.1. The van der Waals surface area contributed by atoms with Gasteiger partial charge in [0.05, 0.1) is 5.69 Å². The number of urea groups is 1. The first-order chi connectivity index (χ1) is 11.6. The number of nitrogens with one attached hydrogen (secondary N) is 2. The van der Waals surface area contributed by atoms with Crippen LogP contribution >= 0.6 is 0 Å². The molecule has 0 aliphatic heterocycles. The van der Waals surface area contributed by atoms with Crippen molar-refractivity contribution in [1.29, 1.82) is 0 Å². The Bertz CT molecular complexity index is 842. The molecule has 0 fully saturated rings. The van der Waals surface area contributed by atoms with Gasteiger partial charge in [0, 0.05) is 37.6 Å². The third kappa shape index (κ3) is 3.60. The Kier molecular flexibility index (Phi) is 4.56. The van der Waals surface area contributed by atoms with Crippen molar-refractivity contribution < 1.29 is 4.79 Å². The first-order valence-electron chi connectivity index (χ1n) is 7.67. The first kappa shape index (κ1) is 15.7. The second kappa shape index (κ2) is 6.95. The van der Waals surface area contributed by atoms with Gasteiger partial charge in [0.2, 0.25) is 0 Å². The zero-order chi connectivity index (χ0) is 16.9. The third-order valence-corrected chi connectivity index (χ3v) is 3.72. The molecular weight excluding hydrogens is 302 g/mol. The molecule has 6 nitrogen and oxygen atoms in total. The van der Waals surface area contributed by atoms with Crippen LogP contribution in [0.25, 0.3) is 11.3 Å². The first-order valence-corrected chi connectivity index (χ1v) is 7.67. The maximum atomic E-state index is 12.1. The lowest BCUT2D eigenvalue weighted by Gasteiger charge is -2.07. The Morgan fingerprint density at radius 1 is 1.21 bits per heavy atom. The summed E-state index contributed by atoms with van der Waals surface area (Å²) in [7, 11) is 1.80. The molecule has 0 saturated carbocycles. The molecule has 1 aromatic carbocycles. The van der Waals surface area contributed by atoms with Crippen LogP contribution in [-0.2, 0) is 13.6 Å². The van der Waals surface area contributed by atoms with Crippen LogP contribution in [0.3, 0.4) is 0 Å². The zero-order valence-corrected chi connectivity index (χ0v) is 13.7. The summed E-state index contributed by atoms with van der Waals surface area (Å²) in [5, 5.41) is 10.1. The smallest absolute Gasteiger partial charge is 0.320 e. The number of benzene rings is 1. The minimum Gasteiger partial charge on any atom is -0.334 e. The fourth-order valence-electron chi connectivity index (χ4n) is 2.42. The van der Waals surface area contributed by atoms with E-state index in [-0.39, 0.29) is 6.03 Å². The van der Waals surface area contributed by atoms with Crippen molar-refractivity contribution >= 4 is 11.8 Å². The summed E-state index contributed by atoms with van der Waals surface area (Å²) < 4.78 is 1.66. The summed E-state index contributed by atoms with van der Waals surface area (Å²) in [6, 6.07) is 13.4. The average Bonchev–Trinajstić information content (AvgIpc) is 2.95. The number of carbonyl (C=O) groups is 1. The number of anilines is 1. The largest absolute Gasteiger partial charge is 0.334 e. The van der Waals surface area contributed by atoms with Gasteiger partial charge in [-0.15, -0.1) is 0 Å². The molecule has 2 N–H and O–H groups in total. The Morgan fingerprint density at radius 3 is 2.79 bits per heavy atom. The summed E-state index contributed by atoms with van der Waals surface area (Å²) in [4.78, 5) is 16.1. The lowest BCUT2D eigenvalue weighted by molar-refractivity contribution is 0.251. The highest BCUT2D eigenvalue weighted by atomic mass is 16.2. The van der Waals surface area contributed by atoms with Crippen LogP contribution < -0.4 is 10.6 Å². The number of nitrogens with zero attached hydrogens (tertiary/aromatic N) is 3. The van der Waals surface area contributed by atoms with Crippen molar-refractivity contribution in [2.45, 2.75) is 13.5 Å². The van der Waals surface area contributed by atoms with Crippen LogP contribution in [0.5, 0.6) is 0 Å². The van der Waals surface area contributed by atoms with E-state index in [2.05, 4.69) is 20.7 Å². The highest BCUT2D eigenvalue weighted by Crippen LogP contribution is 2.24. The normalized spacial score (nSPS) is 10.4. The second-order valence-corrected chi connectivity index (χ2v) is 5.52. The number of aryl methyl sites for hydroxylation is 2. The quantitative estimate of drug-likeness (QED) is 0.775. The number of hydrogen-bond donors (Lipinski definition) is 2. The minimum atomic E-state index is -0.279. The van der Waals surface area contributed by atoms with Gasteiger partial charge in [-0.3, -0.25) is 15.0 Å². The SMILES string of the molecule is Cc1ccccc1-c1cc(NC(=O)NCc2cccnc2)n(C)n1. The van der Waals surface area contributed by atoms with Gasteiger partial charge in [0.25, 0.3) is 0 Å². The van der Waals surface area contributed by atoms with Gasteiger partial charge in [-0.25, -0.2) is 4.79 Å². The number of rotatable bonds is 4. The maximum Gasteiger partial charge on any atom is 0.320 e. The predicted octanol–water partition coefficient (Wildman–Crippen LogP) is 3.11. The molecule has 2 amide bonds. The summed E-state index contributed by atoms with van der Waals surface area (Å²) in [5.74, 6) is 0.636. The molecule has 24 heavy (non-hydrogen) atoms. The molecule has 6 heteroatoms. The molecule has 0 radical (unpaired) electrons. The number of pyridine rings is 1. The number of aromatic nitrogens is 3. The van der Waals surface area contributed by atoms with Gasteiger partial charge in [0.1, 0.15) is 5.82 Å². The van der Waals surface area contributed by atoms with Crippen molar-refractivity contribution in [3.05, 3.63) is 66.0 Å². The molecule has 0 bridgehead atoms. The minimum absolute atomic E-state index is 0.279. The summed E-state index contributed by atoms with van der Waals surface area (Å²) >= 11 is 0. The maximum absolute atomic E-state index is 12.1. The highest BCUT2D eigenvalue weighted by Gasteiger charge is 2.11. The second-order valence-electron chi connectivity index (χ2n) is 5.52. The van der Waals surface area contributed by atoms with E-state index < -0.39 is 0 Å². The topological polar surface area (TPSA) is 71.8 Å². The Labute approximate surface area is 140 Å². The van der Waals surface area contributed by atoms with E-state index in [1.807, 2.05) is 49.4 Å². The molecule has 0 aliphatic carbocycles. The predicted molar refractivity (Wildman–Crippen MR) is 93.5 cm³/mol. The van der Waals surface area contributed by atoms with Crippen molar-refractivity contribution in [2.75, 3.05) is 5.32 Å². The van der Waals surface area contributed by atoms with E-state index >= 15 is 0 Å². The van der Waals surface area contributed by atoms with E-state index in [4.69, 9.17) is 0 Å². The molecule has 0 spiro atoms. The molecule has 3 rings (SSSR count). The lowest BCUT2D eigenvalue weighted by Crippen LogP contribution is -2.29. The molecular formula is C18H19N5O. The van der Waals surface area contributed by atoms with E-state index in [9.17, 15) is 4.79 Å². The molecule has 2 heterocycles. The van der Waals surface area contributed by atoms with Crippen molar-refractivity contribution in [1.82, 2.24) is 20.1 Å². The Hall–Kier alpha value is -3.15. The molecule has 0 saturated heterocycles. The Balaban J connectivity index is 1.67. The van der Waals surface area contributed by atoms with Crippen LogP contribution in [0.1, 0.15) is 11.1 Å². The van der Waals surface area contributed by atoms with E-state index in [0.29, 0.717) is 12.4 Å². The summed E-state index contributed by atoms with van der Waals surface area (Å²) in [5.41, 5.74) is 3.97. The van der Waals surface area contributed by atoms with Crippen LogP contribution in [0.2, 0.25) is 0 Å². The molecule has 3 aromatic rings. The zero-order valence-electron chi connectivity index (χ0n) is 13.7. The van der Waals surface area contributed by atoms with Gasteiger partial charge in [-0.1, -0.05) is 30.3 Å². The number of amides is 2. The van der Waals surface area contributed by atoms with Crippen LogP contribution in [0, 0.1) is 6.92 Å². The Morgan fingerprint density at radius 2 is 2.04 bits per heavy atom. The monoisotopic (exact) mass is 321 g/mol. The van der Waals surface area contributed by atoms with E-state index in [1.165, 1.54) is 0 Å². The van der Waals surface area contributed by atoms with Crippen molar-refractivity contribution in [3.8, 4) is 11.3 Å². The van der Waals surface area contributed by atoms with Gasteiger partial charge in [-0.2, -0.15) is 5.10 Å². The van der Waals surface area contributed by atoms with E-state index in [1.54, 1.807) is 24.1 Å². The van der Waals surface area contributed by atoms with Crippen LogP contribution in [0.15, 0.2) is 54.9 Å². The fraction of sp³-hybridized carbons (Fsp3) is 0.167. The number of hydrogen-bond acceptors (Lipinski definition) is 3. The molecule has 2 aromatic heterocycles. The molecule has 0 atom stereocenters. The standard InChI is InChI=1S/C18H19N5O/c1-13-6-3-4-8-15(13)16-10-17(23(2)22-16)21-18(24)20-12-14-7-5-9-19-11-14/h3-11H,12H2,1-2H3,(H2,20,21,24). The van der Waals surface area contributed by atoms with E-state index in [0.717, 1.165) is 22.4 Å². The summed E-state index contributed by atoms with van der Waals surface area (Å²) in [6.07, 6.45) is 3.42. The highest BCUT2D eigenvalue weighted by molar-refractivity contribution is 5.89. The van der Waals surface area contributed by atoms with Crippen molar-refractivity contribution in [2.24, 2.45) is 7.05 Å². The third-order valence-electron chi connectivity index (χ3n) is 3.72. The number of carbonyl (C=O) groups excluding carboxylic acids is 1. The van der Waals surface area contributed by atoms with Crippen LogP contribution in [0.4, 0.5) is 10.6 Å². The summed E-state index contributed by atoms with van der Waals surface area (Å²) in [6.45, 7) is 2.46. The van der Waals surface area contributed by atoms with Crippen LogP contribution in [-0.4, -0.2) is 20.8 Å². The molecule has 122 valence electrons.